The van der Waals surface area contributed by atoms with E-state index in [-0.39, 0.29) is 17.0 Å². The maximum Gasteiger partial charge on any atom is 0.123 e. The SMILES string of the molecule is C=CC1(Cc2ccc(O)cc2)CC(=CN)C(=Nc2ccc(F)cc2)C=C1CCN. The summed E-state index contributed by atoms with van der Waals surface area (Å²) in [4.78, 5) is 4.68. The van der Waals surface area contributed by atoms with Gasteiger partial charge in [0.15, 0.2) is 0 Å². The lowest BCUT2D eigenvalue weighted by Crippen LogP contribution is -2.32. The number of hydrogen-bond donors (Lipinski definition) is 3. The molecule has 0 heterocycles. The fourth-order valence-electron chi connectivity index (χ4n) is 3.75. The number of allylic oxidation sites excluding steroid dienone is 3. The predicted octanol–water partition coefficient (Wildman–Crippen LogP) is 4.54. The molecule has 1 aliphatic rings. The minimum atomic E-state index is -0.344. The van der Waals surface area contributed by atoms with E-state index in [2.05, 4.69) is 11.6 Å². The molecule has 3 rings (SSSR count). The molecule has 2 aromatic carbocycles. The maximum absolute atomic E-state index is 13.2. The second-order valence-electron chi connectivity index (χ2n) is 7.25. The van der Waals surface area contributed by atoms with Crippen LogP contribution in [0.1, 0.15) is 18.4 Å². The number of halogens is 1. The molecule has 0 saturated carbocycles. The van der Waals surface area contributed by atoms with Gasteiger partial charge in [0, 0.05) is 5.41 Å². The molecule has 0 aliphatic heterocycles. The Balaban J connectivity index is 2.05. The molecule has 29 heavy (non-hydrogen) atoms. The summed E-state index contributed by atoms with van der Waals surface area (Å²) in [7, 11) is 0. The summed E-state index contributed by atoms with van der Waals surface area (Å²) in [6.07, 6.45) is 7.61. The van der Waals surface area contributed by atoms with Crippen LogP contribution in [0, 0.1) is 11.2 Å². The van der Waals surface area contributed by atoms with Gasteiger partial charge >= 0.3 is 0 Å². The molecule has 0 saturated heterocycles. The number of phenols is 1. The molecule has 150 valence electrons. The van der Waals surface area contributed by atoms with Crippen LogP contribution in [-0.2, 0) is 6.42 Å². The van der Waals surface area contributed by atoms with Gasteiger partial charge in [-0.05, 0) is 85.6 Å². The van der Waals surface area contributed by atoms with E-state index in [0.29, 0.717) is 31.5 Å². The number of aromatic hydroxyl groups is 1. The Labute approximate surface area is 170 Å². The molecule has 1 aliphatic carbocycles. The lowest BCUT2D eigenvalue weighted by atomic mass is 9.66. The van der Waals surface area contributed by atoms with E-state index >= 15 is 0 Å². The van der Waals surface area contributed by atoms with E-state index in [1.165, 1.54) is 12.1 Å². The standard InChI is InChI=1S/C24H26FN3O/c1-2-24(14-17-3-9-22(29)10-4-17)15-18(16-27)23(13-19(24)11-12-26)28-21-7-5-20(25)6-8-21/h2-10,13,16,29H,1,11-12,14-15,26-27H2. The molecule has 5 N–H and O–H groups in total. The van der Waals surface area contributed by atoms with Crippen LogP contribution in [0.3, 0.4) is 0 Å². The number of aliphatic imine (C=N–C) groups is 1. The molecule has 1 unspecified atom stereocenters. The number of phenolic OH excluding ortho intramolecular Hbond substituents is 1. The third-order valence-corrected chi connectivity index (χ3v) is 5.32. The van der Waals surface area contributed by atoms with Crippen LogP contribution < -0.4 is 11.5 Å². The van der Waals surface area contributed by atoms with Crippen LogP contribution in [0.25, 0.3) is 0 Å². The number of benzene rings is 2. The third-order valence-electron chi connectivity index (χ3n) is 5.32. The largest absolute Gasteiger partial charge is 0.508 e. The Bertz CT molecular complexity index is 959. The highest BCUT2D eigenvalue weighted by atomic mass is 19.1. The van der Waals surface area contributed by atoms with Crippen molar-refractivity contribution in [3.8, 4) is 5.75 Å². The fourth-order valence-corrected chi connectivity index (χ4v) is 3.75. The van der Waals surface area contributed by atoms with Gasteiger partial charge in [0.2, 0.25) is 0 Å². The summed E-state index contributed by atoms with van der Waals surface area (Å²) in [5.41, 5.74) is 16.0. The van der Waals surface area contributed by atoms with E-state index in [1.807, 2.05) is 24.3 Å². The van der Waals surface area contributed by atoms with E-state index in [1.54, 1.807) is 30.5 Å². The highest BCUT2D eigenvalue weighted by Gasteiger charge is 2.36. The molecular weight excluding hydrogens is 365 g/mol. The molecule has 0 fully saturated rings. The van der Waals surface area contributed by atoms with Crippen LogP contribution in [0.5, 0.6) is 5.75 Å². The summed E-state index contributed by atoms with van der Waals surface area (Å²) in [6.45, 7) is 4.61. The van der Waals surface area contributed by atoms with Crippen molar-refractivity contribution >= 4 is 11.4 Å². The van der Waals surface area contributed by atoms with Crippen LogP contribution >= 0.6 is 0 Å². The first-order chi connectivity index (χ1) is 14.0. The van der Waals surface area contributed by atoms with E-state index in [0.717, 1.165) is 22.4 Å². The Hall–Kier alpha value is -3.18. The van der Waals surface area contributed by atoms with Crippen molar-refractivity contribution in [3.05, 3.63) is 96.0 Å². The molecule has 4 nitrogen and oxygen atoms in total. The maximum atomic E-state index is 13.2. The van der Waals surface area contributed by atoms with Gasteiger partial charge in [0.1, 0.15) is 11.6 Å². The Morgan fingerprint density at radius 1 is 1.14 bits per heavy atom. The topological polar surface area (TPSA) is 84.6 Å². The van der Waals surface area contributed by atoms with Gasteiger partial charge in [0.05, 0.1) is 11.4 Å². The van der Waals surface area contributed by atoms with Gasteiger partial charge < -0.3 is 16.6 Å². The Kier molecular flexibility index (Phi) is 6.29. The summed E-state index contributed by atoms with van der Waals surface area (Å²) in [5.74, 6) is -0.0647. The first kappa shape index (κ1) is 20.6. The molecule has 2 aromatic rings. The minimum absolute atomic E-state index is 0.235. The molecule has 0 aromatic heterocycles. The van der Waals surface area contributed by atoms with Gasteiger partial charge in [-0.25, -0.2) is 9.38 Å². The van der Waals surface area contributed by atoms with Gasteiger partial charge in [0.25, 0.3) is 0 Å². The van der Waals surface area contributed by atoms with Crippen molar-refractivity contribution in [2.24, 2.45) is 21.9 Å². The Morgan fingerprint density at radius 3 is 2.41 bits per heavy atom. The smallest absolute Gasteiger partial charge is 0.123 e. The normalized spacial score (nSPS) is 21.9. The summed E-state index contributed by atoms with van der Waals surface area (Å²) in [5, 5.41) is 9.58. The van der Waals surface area contributed by atoms with Crippen molar-refractivity contribution in [1.82, 2.24) is 0 Å². The molecule has 0 amide bonds. The van der Waals surface area contributed by atoms with Crippen molar-refractivity contribution < 1.29 is 9.50 Å². The zero-order valence-electron chi connectivity index (χ0n) is 16.3. The van der Waals surface area contributed by atoms with Gasteiger partial charge in [-0.1, -0.05) is 23.8 Å². The molecule has 0 radical (unpaired) electrons. The second kappa shape index (κ2) is 8.88. The van der Waals surface area contributed by atoms with Crippen LogP contribution in [0.4, 0.5) is 10.1 Å². The molecule has 0 spiro atoms. The number of rotatable bonds is 6. The monoisotopic (exact) mass is 391 g/mol. The highest BCUT2D eigenvalue weighted by molar-refractivity contribution is 6.11. The van der Waals surface area contributed by atoms with Crippen LogP contribution in [0.2, 0.25) is 0 Å². The Morgan fingerprint density at radius 2 is 1.83 bits per heavy atom. The van der Waals surface area contributed by atoms with Crippen molar-refractivity contribution in [2.45, 2.75) is 19.3 Å². The number of nitrogens with two attached hydrogens (primary N) is 2. The predicted molar refractivity (Wildman–Crippen MR) is 117 cm³/mol. The molecule has 5 heteroatoms. The van der Waals surface area contributed by atoms with Crippen molar-refractivity contribution in [2.75, 3.05) is 6.54 Å². The average molecular weight is 391 g/mol. The number of nitrogens with zero attached hydrogens (tertiary/aromatic N) is 1. The quantitative estimate of drug-likeness (QED) is 0.632. The number of hydrogen-bond acceptors (Lipinski definition) is 4. The summed E-state index contributed by atoms with van der Waals surface area (Å²) < 4.78 is 13.2. The van der Waals surface area contributed by atoms with Gasteiger partial charge in [-0.15, -0.1) is 6.58 Å². The minimum Gasteiger partial charge on any atom is -0.508 e. The zero-order chi connectivity index (χ0) is 20.9. The zero-order valence-corrected chi connectivity index (χ0v) is 16.3. The second-order valence-corrected chi connectivity index (χ2v) is 7.25. The van der Waals surface area contributed by atoms with E-state index in [4.69, 9.17) is 11.5 Å². The first-order valence-electron chi connectivity index (χ1n) is 9.57. The molecule has 1 atom stereocenters. The van der Waals surface area contributed by atoms with Crippen LogP contribution in [-0.4, -0.2) is 17.4 Å². The first-order valence-corrected chi connectivity index (χ1v) is 9.57. The summed E-state index contributed by atoms with van der Waals surface area (Å²) in [6, 6.07) is 13.2. The fraction of sp³-hybridized carbons (Fsp3) is 0.208. The van der Waals surface area contributed by atoms with E-state index < -0.39 is 0 Å². The van der Waals surface area contributed by atoms with Gasteiger partial charge in [-0.2, -0.15) is 0 Å². The molecule has 0 bridgehead atoms. The lowest BCUT2D eigenvalue weighted by molar-refractivity contribution is 0.436. The molecular formula is C24H26FN3O. The third kappa shape index (κ3) is 4.63. The highest BCUT2D eigenvalue weighted by Crippen LogP contribution is 2.44. The summed E-state index contributed by atoms with van der Waals surface area (Å²) >= 11 is 0. The lowest BCUT2D eigenvalue weighted by Gasteiger charge is -2.38. The average Bonchev–Trinajstić information content (AvgIpc) is 2.73. The van der Waals surface area contributed by atoms with Gasteiger partial charge in [-0.3, -0.25) is 0 Å². The van der Waals surface area contributed by atoms with Crippen LogP contribution in [0.15, 0.2) is 89.6 Å². The van der Waals surface area contributed by atoms with Crippen molar-refractivity contribution in [1.29, 1.82) is 0 Å². The van der Waals surface area contributed by atoms with Crippen molar-refractivity contribution in [3.63, 3.8) is 0 Å². The van der Waals surface area contributed by atoms with E-state index in [9.17, 15) is 9.50 Å².